The van der Waals surface area contributed by atoms with Crippen LogP contribution in [0.5, 0.6) is 0 Å². The average Bonchev–Trinajstić information content (AvgIpc) is 2.35. The number of carboxylic acids is 1. The molecule has 4 nitrogen and oxygen atoms in total. The number of carboxylic acid groups (broad SMARTS) is 1. The van der Waals surface area contributed by atoms with Gasteiger partial charge in [-0.1, -0.05) is 38.3 Å². The molecule has 0 aromatic carbocycles. The van der Waals surface area contributed by atoms with Crippen molar-refractivity contribution in [1.82, 2.24) is 5.32 Å². The Morgan fingerprint density at radius 3 is 2.28 bits per heavy atom. The van der Waals surface area contributed by atoms with Crippen molar-refractivity contribution < 1.29 is 14.7 Å². The monoisotopic (exact) mass is 253 g/mol. The number of allylic oxidation sites excluding steroid dienone is 1. The van der Waals surface area contributed by atoms with E-state index in [2.05, 4.69) is 11.9 Å². The highest BCUT2D eigenvalue weighted by molar-refractivity contribution is 5.87. The van der Waals surface area contributed by atoms with E-state index < -0.39 is 5.97 Å². The molecule has 0 unspecified atom stereocenters. The van der Waals surface area contributed by atoms with Crippen LogP contribution in [0, 0.1) is 0 Å². The third-order valence-corrected chi connectivity index (χ3v) is 2.54. The van der Waals surface area contributed by atoms with E-state index in [0.29, 0.717) is 0 Å². The molecule has 4 heteroatoms. The van der Waals surface area contributed by atoms with Gasteiger partial charge in [0.15, 0.2) is 0 Å². The Morgan fingerprint density at radius 1 is 1.06 bits per heavy atom. The summed E-state index contributed by atoms with van der Waals surface area (Å²) in [5.74, 6) is -0.897. The highest BCUT2D eigenvalue weighted by Gasteiger charge is 1.96. The number of nitrogens with one attached hydrogen (secondary N) is 1. The first kappa shape index (κ1) is 16.4. The lowest BCUT2D eigenvalue weighted by atomic mass is 10.1. The SMILES string of the molecule is C=CC(=O)NC=CCCCCCCCCC(=O)O. The van der Waals surface area contributed by atoms with Gasteiger partial charge >= 0.3 is 5.97 Å². The van der Waals surface area contributed by atoms with Crippen molar-refractivity contribution in [3.63, 3.8) is 0 Å². The van der Waals surface area contributed by atoms with Crippen LogP contribution in [0.4, 0.5) is 0 Å². The molecule has 0 atom stereocenters. The zero-order valence-corrected chi connectivity index (χ0v) is 10.9. The Balaban J connectivity index is 3.18. The summed E-state index contributed by atoms with van der Waals surface area (Å²) in [5, 5.41) is 11.0. The smallest absolute Gasteiger partial charge is 0.303 e. The van der Waals surface area contributed by atoms with Crippen molar-refractivity contribution >= 4 is 11.9 Å². The minimum absolute atomic E-state index is 0.190. The van der Waals surface area contributed by atoms with Crippen molar-refractivity contribution in [3.8, 4) is 0 Å². The predicted molar refractivity (Wildman–Crippen MR) is 72.1 cm³/mol. The fraction of sp³-hybridized carbons (Fsp3) is 0.571. The lowest BCUT2D eigenvalue weighted by Crippen LogP contribution is -2.12. The Hall–Kier alpha value is -1.58. The quantitative estimate of drug-likeness (QED) is 0.439. The van der Waals surface area contributed by atoms with E-state index in [4.69, 9.17) is 5.11 Å². The van der Waals surface area contributed by atoms with Crippen LogP contribution in [0.15, 0.2) is 24.9 Å². The molecule has 102 valence electrons. The van der Waals surface area contributed by atoms with Crippen LogP contribution in [-0.2, 0) is 9.59 Å². The number of carbonyl (C=O) groups excluding carboxylic acids is 1. The van der Waals surface area contributed by atoms with Crippen LogP contribution in [0.1, 0.15) is 51.4 Å². The summed E-state index contributed by atoms with van der Waals surface area (Å²) in [4.78, 5) is 21.0. The van der Waals surface area contributed by atoms with Gasteiger partial charge < -0.3 is 10.4 Å². The first-order chi connectivity index (χ1) is 8.66. The summed E-state index contributed by atoms with van der Waals surface area (Å²) in [6, 6.07) is 0. The zero-order chi connectivity index (χ0) is 13.6. The van der Waals surface area contributed by atoms with Crippen LogP contribution in [-0.4, -0.2) is 17.0 Å². The van der Waals surface area contributed by atoms with E-state index in [1.165, 1.54) is 6.08 Å². The van der Waals surface area contributed by atoms with Crippen molar-refractivity contribution in [1.29, 1.82) is 0 Å². The summed E-state index contributed by atoms with van der Waals surface area (Å²) in [7, 11) is 0. The van der Waals surface area contributed by atoms with E-state index in [-0.39, 0.29) is 12.3 Å². The zero-order valence-electron chi connectivity index (χ0n) is 10.9. The second kappa shape index (κ2) is 11.9. The molecule has 0 aliphatic rings. The molecule has 0 saturated carbocycles. The molecule has 0 heterocycles. The van der Waals surface area contributed by atoms with Gasteiger partial charge in [0.2, 0.25) is 5.91 Å². The van der Waals surface area contributed by atoms with Gasteiger partial charge in [-0.3, -0.25) is 9.59 Å². The van der Waals surface area contributed by atoms with Gasteiger partial charge in [0.1, 0.15) is 0 Å². The molecule has 0 rings (SSSR count). The molecule has 0 bridgehead atoms. The number of amides is 1. The maximum absolute atomic E-state index is 10.8. The fourth-order valence-corrected chi connectivity index (χ4v) is 1.53. The van der Waals surface area contributed by atoms with Gasteiger partial charge in [-0.15, -0.1) is 0 Å². The summed E-state index contributed by atoms with van der Waals surface area (Å²) >= 11 is 0. The third-order valence-electron chi connectivity index (χ3n) is 2.54. The minimum atomic E-state index is -0.707. The van der Waals surface area contributed by atoms with Crippen molar-refractivity contribution in [2.24, 2.45) is 0 Å². The molecular weight excluding hydrogens is 230 g/mol. The molecule has 0 aromatic heterocycles. The van der Waals surface area contributed by atoms with Gasteiger partial charge in [-0.25, -0.2) is 0 Å². The molecule has 0 saturated heterocycles. The number of carbonyl (C=O) groups is 2. The molecule has 0 fully saturated rings. The summed E-state index contributed by atoms with van der Waals surface area (Å²) in [5.41, 5.74) is 0. The Morgan fingerprint density at radius 2 is 1.67 bits per heavy atom. The second-order valence-electron chi connectivity index (χ2n) is 4.17. The summed E-state index contributed by atoms with van der Waals surface area (Å²) in [6.07, 6.45) is 12.3. The van der Waals surface area contributed by atoms with E-state index in [1.54, 1.807) is 6.20 Å². The van der Waals surface area contributed by atoms with E-state index in [1.807, 2.05) is 6.08 Å². The molecule has 0 aliphatic heterocycles. The van der Waals surface area contributed by atoms with E-state index >= 15 is 0 Å². The van der Waals surface area contributed by atoms with Gasteiger partial charge in [0.25, 0.3) is 0 Å². The lowest BCUT2D eigenvalue weighted by Gasteiger charge is -1.99. The van der Waals surface area contributed by atoms with E-state index in [9.17, 15) is 9.59 Å². The number of rotatable bonds is 11. The fourth-order valence-electron chi connectivity index (χ4n) is 1.53. The first-order valence-corrected chi connectivity index (χ1v) is 6.46. The topological polar surface area (TPSA) is 66.4 Å². The highest BCUT2D eigenvalue weighted by Crippen LogP contribution is 2.08. The molecular formula is C14H23NO3. The highest BCUT2D eigenvalue weighted by atomic mass is 16.4. The molecule has 0 spiro atoms. The normalized spacial score (nSPS) is 10.4. The molecule has 2 N–H and O–H groups in total. The van der Waals surface area contributed by atoms with Crippen LogP contribution in [0.3, 0.4) is 0 Å². The van der Waals surface area contributed by atoms with Gasteiger partial charge in [-0.2, -0.15) is 0 Å². The Bertz CT molecular complexity index is 285. The van der Waals surface area contributed by atoms with Crippen molar-refractivity contribution in [2.75, 3.05) is 0 Å². The standard InChI is InChI=1S/C14H23NO3/c1-2-13(16)15-12-10-8-6-4-3-5-7-9-11-14(17)18/h2,10,12H,1,3-9,11H2,(H,15,16)(H,17,18). The molecule has 1 amide bonds. The largest absolute Gasteiger partial charge is 0.481 e. The third kappa shape index (κ3) is 12.5. The van der Waals surface area contributed by atoms with Gasteiger partial charge in [0.05, 0.1) is 0 Å². The van der Waals surface area contributed by atoms with Gasteiger partial charge in [-0.05, 0) is 25.3 Å². The minimum Gasteiger partial charge on any atom is -0.481 e. The van der Waals surface area contributed by atoms with Crippen LogP contribution >= 0.6 is 0 Å². The summed E-state index contributed by atoms with van der Waals surface area (Å²) in [6.45, 7) is 3.35. The van der Waals surface area contributed by atoms with Crippen LogP contribution < -0.4 is 5.32 Å². The lowest BCUT2D eigenvalue weighted by molar-refractivity contribution is -0.137. The number of hydrogen-bond donors (Lipinski definition) is 2. The Kier molecular flexibility index (Phi) is 10.8. The first-order valence-electron chi connectivity index (χ1n) is 6.46. The molecule has 18 heavy (non-hydrogen) atoms. The number of hydrogen-bond acceptors (Lipinski definition) is 2. The van der Waals surface area contributed by atoms with Crippen LogP contribution in [0.25, 0.3) is 0 Å². The maximum Gasteiger partial charge on any atom is 0.303 e. The predicted octanol–water partition coefficient (Wildman–Crippen LogP) is 3.01. The molecule has 0 radical (unpaired) electrons. The van der Waals surface area contributed by atoms with Crippen molar-refractivity contribution in [2.45, 2.75) is 51.4 Å². The molecule has 0 aliphatic carbocycles. The van der Waals surface area contributed by atoms with Crippen molar-refractivity contribution in [3.05, 3.63) is 24.9 Å². The number of aliphatic carboxylic acids is 1. The van der Waals surface area contributed by atoms with Gasteiger partial charge in [0, 0.05) is 12.6 Å². The molecule has 0 aromatic rings. The van der Waals surface area contributed by atoms with Crippen LogP contribution in [0.2, 0.25) is 0 Å². The summed E-state index contributed by atoms with van der Waals surface area (Å²) < 4.78 is 0. The average molecular weight is 253 g/mol. The maximum atomic E-state index is 10.8. The number of unbranched alkanes of at least 4 members (excludes halogenated alkanes) is 6. The Labute approximate surface area is 109 Å². The van der Waals surface area contributed by atoms with E-state index in [0.717, 1.165) is 44.9 Å². The second-order valence-corrected chi connectivity index (χ2v) is 4.17.